The van der Waals surface area contributed by atoms with Gasteiger partial charge in [-0.1, -0.05) is 275 Å². The van der Waals surface area contributed by atoms with Gasteiger partial charge in [0.05, 0.1) is 27.7 Å². The molecule has 520 valence electrons. The monoisotopic (exact) mass is 1310 g/mol. The predicted octanol–water partition coefficient (Wildman–Crippen LogP) is 23.7. The minimum absolute atomic E-state index is 0.00179. The summed E-state index contributed by atoms with van der Waals surface area (Å²) in [6.07, 6.45) is 118. The summed E-state index contributed by atoms with van der Waals surface area (Å²) in [5.74, 6) is -0.912. The summed E-state index contributed by atoms with van der Waals surface area (Å²) in [6, 6.07) is 0. The number of phosphoric acid groups is 1. The van der Waals surface area contributed by atoms with Crippen molar-refractivity contribution in [2.24, 2.45) is 0 Å². The third-order valence-corrected chi connectivity index (χ3v) is 14.5. The van der Waals surface area contributed by atoms with E-state index in [-0.39, 0.29) is 26.1 Å². The highest BCUT2D eigenvalue weighted by atomic mass is 31.2. The van der Waals surface area contributed by atoms with Crippen LogP contribution in [0, 0.1) is 0 Å². The molecule has 0 amide bonds. The van der Waals surface area contributed by atoms with E-state index < -0.39 is 32.5 Å². The van der Waals surface area contributed by atoms with E-state index in [1.54, 1.807) is 0 Å². The maximum absolute atomic E-state index is 12.9. The van der Waals surface area contributed by atoms with Crippen LogP contribution in [0.25, 0.3) is 0 Å². The summed E-state index contributed by atoms with van der Waals surface area (Å²) in [4.78, 5) is 35.8. The lowest BCUT2D eigenvalue weighted by Gasteiger charge is -2.24. The number of likely N-dealkylation sites (N-methyl/N-ethyl adjacent to an activating group) is 1. The van der Waals surface area contributed by atoms with Crippen LogP contribution in [0.15, 0.2) is 255 Å². The van der Waals surface area contributed by atoms with Crippen LogP contribution in [0.2, 0.25) is 0 Å². The molecule has 2 unspecified atom stereocenters. The molecule has 0 aromatic heterocycles. The summed E-state index contributed by atoms with van der Waals surface area (Å²) in [5.41, 5.74) is 0. The van der Waals surface area contributed by atoms with Crippen LogP contribution in [0.1, 0.15) is 206 Å². The van der Waals surface area contributed by atoms with E-state index in [4.69, 9.17) is 18.5 Å². The van der Waals surface area contributed by atoms with Crippen LogP contribution >= 0.6 is 7.82 Å². The van der Waals surface area contributed by atoms with Crippen LogP contribution in [0.5, 0.6) is 0 Å². The van der Waals surface area contributed by atoms with Crippen molar-refractivity contribution in [1.82, 2.24) is 0 Å². The van der Waals surface area contributed by atoms with Gasteiger partial charge in [-0.15, -0.1) is 0 Å². The number of carbonyl (C=O) groups excluding carboxylic acids is 2. The smallest absolute Gasteiger partial charge is 0.462 e. The SMILES string of the molecule is CC/C=C\C/C=C\C/C=C\C/C=C\C/C=C\C/C=C\C/C=C\C/C=C\C/C=C\C/C=C\C/C=C\CCCCCC(=O)OC(COC(=O)CCCC/C=C\C/C=C\C/C=C\C/C=C\C/C=C\C/C=C\C/C=C\C/C=C\C/C=C\C/C=C\CC)COP(=O)(O)OCC[N+](C)(C)C. The van der Waals surface area contributed by atoms with Crippen LogP contribution in [-0.2, 0) is 32.7 Å². The molecule has 0 saturated heterocycles. The molecule has 0 heterocycles. The number of ether oxygens (including phenoxy) is 2. The molecule has 0 radical (unpaired) electrons. The lowest BCUT2D eigenvalue weighted by atomic mass is 10.1. The fourth-order valence-electron chi connectivity index (χ4n) is 8.22. The first-order valence-electron chi connectivity index (χ1n) is 35.4. The number of nitrogens with zero attached hydrogens (tertiary/aromatic N) is 1. The molecule has 94 heavy (non-hydrogen) atoms. The molecule has 2 atom stereocenters. The number of allylic oxidation sites excluding steroid dienone is 42. The number of hydrogen-bond acceptors (Lipinski definition) is 7. The van der Waals surface area contributed by atoms with Crippen molar-refractivity contribution >= 4 is 19.8 Å². The fourth-order valence-corrected chi connectivity index (χ4v) is 8.96. The first-order valence-corrected chi connectivity index (χ1v) is 36.9. The molecule has 0 aliphatic carbocycles. The van der Waals surface area contributed by atoms with E-state index in [1.807, 2.05) is 21.1 Å². The number of esters is 2. The zero-order valence-corrected chi connectivity index (χ0v) is 60.0. The first kappa shape index (κ1) is 87.5. The van der Waals surface area contributed by atoms with Gasteiger partial charge < -0.3 is 18.9 Å². The van der Waals surface area contributed by atoms with Crippen molar-refractivity contribution in [3.63, 3.8) is 0 Å². The van der Waals surface area contributed by atoms with Crippen molar-refractivity contribution in [2.75, 3.05) is 47.5 Å². The molecule has 0 aliphatic rings. The van der Waals surface area contributed by atoms with Gasteiger partial charge in [-0.2, -0.15) is 0 Å². The number of unbranched alkanes of at least 4 members (excludes halogenated alkanes) is 5. The second-order valence-electron chi connectivity index (χ2n) is 23.4. The zero-order chi connectivity index (χ0) is 68.3. The summed E-state index contributed by atoms with van der Waals surface area (Å²) in [7, 11) is 1.39. The minimum atomic E-state index is -4.43. The second-order valence-corrected chi connectivity index (χ2v) is 24.9. The molecule has 0 fully saturated rings. The highest BCUT2D eigenvalue weighted by Crippen LogP contribution is 2.43. The summed E-state index contributed by atoms with van der Waals surface area (Å²) in [6.45, 7) is 4.07. The van der Waals surface area contributed by atoms with Crippen LogP contribution in [0.3, 0.4) is 0 Å². The average Bonchev–Trinajstić information content (AvgIpc) is 1.56. The normalized spacial score (nSPS) is 14.7. The predicted molar refractivity (Wildman–Crippen MR) is 407 cm³/mol. The van der Waals surface area contributed by atoms with E-state index in [0.29, 0.717) is 23.9 Å². The highest BCUT2D eigenvalue weighted by molar-refractivity contribution is 7.47. The molecule has 9 nitrogen and oxygen atoms in total. The molecule has 1 N–H and O–H groups in total. The Labute approximate surface area is 574 Å². The van der Waals surface area contributed by atoms with E-state index in [1.165, 1.54) is 0 Å². The minimum Gasteiger partial charge on any atom is -0.462 e. The number of hydrogen-bond donors (Lipinski definition) is 1. The van der Waals surface area contributed by atoms with Gasteiger partial charge >= 0.3 is 19.8 Å². The summed E-state index contributed by atoms with van der Waals surface area (Å²) >= 11 is 0. The lowest BCUT2D eigenvalue weighted by molar-refractivity contribution is -0.870. The maximum Gasteiger partial charge on any atom is 0.472 e. The Morgan fingerprint density at radius 2 is 0.574 bits per heavy atom. The molecule has 0 saturated carbocycles. The molecular weight excluding hydrogens is 1180 g/mol. The zero-order valence-electron chi connectivity index (χ0n) is 59.1. The molecule has 0 aromatic rings. The summed E-state index contributed by atoms with van der Waals surface area (Å²) in [5, 5.41) is 0. The van der Waals surface area contributed by atoms with Crippen molar-refractivity contribution < 1.29 is 42.1 Å². The average molecular weight is 1310 g/mol. The number of rotatable bonds is 61. The first-order chi connectivity index (χ1) is 46.0. The van der Waals surface area contributed by atoms with E-state index in [9.17, 15) is 19.0 Å². The fraction of sp³-hybridized carbons (Fsp3) is 0.476. The Balaban J connectivity index is 4.32. The van der Waals surface area contributed by atoms with Crippen LogP contribution < -0.4 is 0 Å². The van der Waals surface area contributed by atoms with Crippen LogP contribution in [0.4, 0.5) is 0 Å². The molecule has 0 aliphatic heterocycles. The van der Waals surface area contributed by atoms with Gasteiger partial charge in [-0.05, 0) is 173 Å². The number of phosphoric ester groups is 1. The van der Waals surface area contributed by atoms with Gasteiger partial charge in [0.15, 0.2) is 6.10 Å². The molecule has 0 bridgehead atoms. The Kier molecular flexibility index (Phi) is 66.0. The van der Waals surface area contributed by atoms with Crippen molar-refractivity contribution in [3.8, 4) is 0 Å². The van der Waals surface area contributed by atoms with E-state index in [0.717, 1.165) is 167 Å². The Morgan fingerprint density at radius 1 is 0.330 bits per heavy atom. The van der Waals surface area contributed by atoms with Gasteiger partial charge in [-0.25, -0.2) is 4.57 Å². The van der Waals surface area contributed by atoms with E-state index in [2.05, 4.69) is 269 Å². The molecule has 0 rings (SSSR count). The molecule has 10 heteroatoms. The van der Waals surface area contributed by atoms with Gasteiger partial charge in [0.2, 0.25) is 0 Å². The Morgan fingerprint density at radius 3 is 0.851 bits per heavy atom. The molecule has 0 spiro atoms. The van der Waals surface area contributed by atoms with Crippen molar-refractivity contribution in [3.05, 3.63) is 255 Å². The Hall–Kier alpha value is -6.45. The van der Waals surface area contributed by atoms with Gasteiger partial charge in [0.1, 0.15) is 19.8 Å². The third-order valence-electron chi connectivity index (χ3n) is 13.6. The van der Waals surface area contributed by atoms with E-state index >= 15 is 0 Å². The lowest BCUT2D eigenvalue weighted by Crippen LogP contribution is -2.37. The number of quaternary nitrogens is 1. The van der Waals surface area contributed by atoms with Crippen molar-refractivity contribution in [1.29, 1.82) is 0 Å². The largest absolute Gasteiger partial charge is 0.472 e. The van der Waals surface area contributed by atoms with Gasteiger partial charge in [-0.3, -0.25) is 18.6 Å². The topological polar surface area (TPSA) is 108 Å². The molecule has 0 aromatic carbocycles. The van der Waals surface area contributed by atoms with Gasteiger partial charge in [0.25, 0.3) is 0 Å². The molecular formula is C84H127NO8P+. The number of carbonyl (C=O) groups is 2. The highest BCUT2D eigenvalue weighted by Gasteiger charge is 2.27. The third kappa shape index (κ3) is 74.6. The second kappa shape index (κ2) is 70.9. The van der Waals surface area contributed by atoms with Crippen molar-refractivity contribution in [2.45, 2.75) is 213 Å². The quantitative estimate of drug-likeness (QED) is 0.0211. The van der Waals surface area contributed by atoms with Crippen LogP contribution in [-0.4, -0.2) is 74.9 Å². The standard InChI is InChI=1S/C84H126NO8P/c1-6-8-10-12-14-16-18-20-22-24-26-28-30-32-34-36-38-40-41-42-43-45-47-49-51-53-55-57-59-61-63-65-67-69-71-73-75-77-84(87)93-82(81-92-94(88,89)91-79-78-85(3,4)5)80-90-83(86)76-74-72-70-68-66-64-62-60-58-56-54-52-50-48-46-44-39-37-35-33-31-29-27-25-23-21-19-17-15-13-11-9-7-2/h8-11,14-17,20-23,26-29,32-35,38-40,42-44,47-50,53-56,59-62,65-68,82H,6-7,12-13,18-19,24-25,30-31,36-37,41,45-46,51-52,57-58,63-64,69-81H2,1-5H3/p+1/b10-8-,11-9-,16-14-,17-15-,22-20-,23-21-,28-26-,29-27-,34-32-,35-33-,40-38-,43-42-,44-39-,49-47-,50-48-,55-53-,56-54-,61-59-,62-60-,67-65-,68-66-. The van der Waals surface area contributed by atoms with Gasteiger partial charge in [0, 0.05) is 12.8 Å². The summed E-state index contributed by atoms with van der Waals surface area (Å²) < 4.78 is 34.6. The Bertz CT molecular complexity index is 2540. The maximum atomic E-state index is 12.9.